The molecular weight excluding hydrogens is 320 g/mol. The number of rotatable bonds is 4. The first-order valence-electron chi connectivity index (χ1n) is 9.73. The van der Waals surface area contributed by atoms with Gasteiger partial charge < -0.3 is 5.11 Å². The summed E-state index contributed by atoms with van der Waals surface area (Å²) in [4.78, 5) is 10.9. The molecule has 140 valence electrons. The number of allylic oxidation sites excluding steroid dienone is 3. The van der Waals surface area contributed by atoms with Gasteiger partial charge in [-0.05, 0) is 78.2 Å². The summed E-state index contributed by atoms with van der Waals surface area (Å²) in [5.74, 6) is -0.883. The smallest absolute Gasteiger partial charge is 0.328 e. The Morgan fingerprint density at radius 2 is 1.50 bits per heavy atom. The van der Waals surface area contributed by atoms with Crippen LogP contribution in [0.15, 0.2) is 35.9 Å². The van der Waals surface area contributed by atoms with Crippen LogP contribution in [0.3, 0.4) is 0 Å². The second-order valence-electron chi connectivity index (χ2n) is 9.70. The molecule has 0 aromatic heterocycles. The monoisotopic (exact) mass is 352 g/mol. The Labute approximate surface area is 158 Å². The first-order valence-corrected chi connectivity index (χ1v) is 9.73. The highest BCUT2D eigenvalue weighted by Gasteiger charge is 2.45. The molecule has 1 aromatic carbocycles. The predicted molar refractivity (Wildman–Crippen MR) is 108 cm³/mol. The number of aliphatic carboxylic acids is 1. The van der Waals surface area contributed by atoms with Crippen molar-refractivity contribution in [2.24, 2.45) is 0 Å². The van der Waals surface area contributed by atoms with Gasteiger partial charge >= 0.3 is 5.97 Å². The fourth-order valence-electron chi connectivity index (χ4n) is 4.45. The molecule has 3 rings (SSSR count). The summed E-state index contributed by atoms with van der Waals surface area (Å²) in [5, 5.41) is 8.92. The van der Waals surface area contributed by atoms with E-state index >= 15 is 0 Å². The summed E-state index contributed by atoms with van der Waals surface area (Å²) >= 11 is 0. The Hall–Kier alpha value is -1.83. The third-order valence-electron chi connectivity index (χ3n) is 6.54. The van der Waals surface area contributed by atoms with Gasteiger partial charge in [-0.3, -0.25) is 0 Å². The zero-order valence-electron chi connectivity index (χ0n) is 17.1. The van der Waals surface area contributed by atoms with E-state index in [0.29, 0.717) is 0 Å². The van der Waals surface area contributed by atoms with Gasteiger partial charge in [-0.25, -0.2) is 4.79 Å². The third kappa shape index (κ3) is 3.39. The molecule has 0 aliphatic heterocycles. The molecule has 0 saturated heterocycles. The van der Waals surface area contributed by atoms with Gasteiger partial charge in [0.05, 0.1) is 0 Å². The maximum atomic E-state index is 10.9. The number of aryl methyl sites for hydroxylation is 1. The highest BCUT2D eigenvalue weighted by atomic mass is 16.4. The number of carbonyl (C=O) groups is 1. The molecule has 0 spiro atoms. The molecule has 2 aliphatic rings. The van der Waals surface area contributed by atoms with Crippen molar-refractivity contribution in [1.29, 1.82) is 0 Å². The fourth-order valence-corrected chi connectivity index (χ4v) is 4.45. The standard InChI is InChI=1S/C24H32O2/c1-16(13-21(25)26)7-8-24(11-12-24)18-15-20-19(14-17(18)2)22(3,4)9-10-23(20,5)6/h7-8,13-15H,9-12H2,1-6H3,(H,25,26). The van der Waals surface area contributed by atoms with E-state index in [2.05, 4.69) is 52.8 Å². The summed E-state index contributed by atoms with van der Waals surface area (Å²) < 4.78 is 0. The molecule has 1 aromatic rings. The van der Waals surface area contributed by atoms with Crippen LogP contribution >= 0.6 is 0 Å². The minimum atomic E-state index is -0.883. The quantitative estimate of drug-likeness (QED) is 0.536. The molecule has 0 bridgehead atoms. The number of fused-ring (bicyclic) bond motifs is 1. The van der Waals surface area contributed by atoms with E-state index in [1.165, 1.54) is 41.2 Å². The van der Waals surface area contributed by atoms with Crippen LogP contribution in [0, 0.1) is 6.92 Å². The third-order valence-corrected chi connectivity index (χ3v) is 6.54. The van der Waals surface area contributed by atoms with Crippen molar-refractivity contribution in [3.05, 3.63) is 58.2 Å². The fraction of sp³-hybridized carbons (Fsp3) is 0.542. The van der Waals surface area contributed by atoms with Crippen molar-refractivity contribution in [2.75, 3.05) is 0 Å². The lowest BCUT2D eigenvalue weighted by molar-refractivity contribution is -0.131. The van der Waals surface area contributed by atoms with Gasteiger partial charge in [0.1, 0.15) is 0 Å². The molecule has 1 saturated carbocycles. The summed E-state index contributed by atoms with van der Waals surface area (Å²) in [6, 6.07) is 4.90. The molecule has 2 aliphatic carbocycles. The Morgan fingerprint density at radius 1 is 0.962 bits per heavy atom. The second kappa shape index (κ2) is 6.11. The van der Waals surface area contributed by atoms with Crippen molar-refractivity contribution < 1.29 is 9.90 Å². The zero-order chi connectivity index (χ0) is 19.3. The minimum absolute atomic E-state index is 0.0877. The molecule has 0 radical (unpaired) electrons. The van der Waals surface area contributed by atoms with Crippen molar-refractivity contribution in [1.82, 2.24) is 0 Å². The number of benzene rings is 1. The van der Waals surface area contributed by atoms with Gasteiger partial charge in [0.15, 0.2) is 0 Å². The molecule has 0 unspecified atom stereocenters. The summed E-state index contributed by atoms with van der Waals surface area (Å²) in [6.45, 7) is 13.6. The van der Waals surface area contributed by atoms with Gasteiger partial charge in [0.2, 0.25) is 0 Å². The Balaban J connectivity index is 2.05. The van der Waals surface area contributed by atoms with Gasteiger partial charge in [0, 0.05) is 11.5 Å². The van der Waals surface area contributed by atoms with Crippen LogP contribution in [0.5, 0.6) is 0 Å². The maximum Gasteiger partial charge on any atom is 0.328 e. The van der Waals surface area contributed by atoms with Crippen LogP contribution in [0.25, 0.3) is 0 Å². The van der Waals surface area contributed by atoms with Crippen LogP contribution < -0.4 is 0 Å². The molecule has 2 heteroatoms. The Kier molecular flexibility index (Phi) is 4.45. The first-order chi connectivity index (χ1) is 12.0. The Morgan fingerprint density at radius 3 is 2.00 bits per heavy atom. The highest BCUT2D eigenvalue weighted by molar-refractivity contribution is 5.81. The van der Waals surface area contributed by atoms with Crippen LogP contribution in [0.1, 0.15) is 82.6 Å². The van der Waals surface area contributed by atoms with Crippen molar-refractivity contribution >= 4 is 5.97 Å². The van der Waals surface area contributed by atoms with Crippen LogP contribution in [-0.4, -0.2) is 11.1 Å². The van der Waals surface area contributed by atoms with E-state index in [1.807, 2.05) is 13.0 Å². The van der Waals surface area contributed by atoms with Crippen molar-refractivity contribution in [2.45, 2.75) is 83.5 Å². The summed E-state index contributed by atoms with van der Waals surface area (Å²) in [7, 11) is 0. The average Bonchev–Trinajstić information content (AvgIpc) is 3.30. The summed E-state index contributed by atoms with van der Waals surface area (Å²) in [5.41, 5.74) is 7.15. The van der Waals surface area contributed by atoms with Crippen molar-refractivity contribution in [3.63, 3.8) is 0 Å². The van der Waals surface area contributed by atoms with Gasteiger partial charge in [-0.1, -0.05) is 52.0 Å². The molecule has 1 fully saturated rings. The molecule has 1 N–H and O–H groups in total. The second-order valence-corrected chi connectivity index (χ2v) is 9.70. The number of hydrogen-bond acceptors (Lipinski definition) is 1. The van der Waals surface area contributed by atoms with Crippen LogP contribution in [-0.2, 0) is 21.0 Å². The van der Waals surface area contributed by atoms with E-state index in [0.717, 1.165) is 18.4 Å². The largest absolute Gasteiger partial charge is 0.478 e. The van der Waals surface area contributed by atoms with E-state index in [9.17, 15) is 4.79 Å². The molecule has 0 heterocycles. The first kappa shape index (κ1) is 18.9. The normalized spacial score (nSPS) is 22.9. The van der Waals surface area contributed by atoms with E-state index in [4.69, 9.17) is 5.11 Å². The van der Waals surface area contributed by atoms with Gasteiger partial charge in [-0.2, -0.15) is 0 Å². The highest BCUT2D eigenvalue weighted by Crippen LogP contribution is 2.54. The minimum Gasteiger partial charge on any atom is -0.478 e. The van der Waals surface area contributed by atoms with Gasteiger partial charge in [0.25, 0.3) is 0 Å². The van der Waals surface area contributed by atoms with Crippen LogP contribution in [0.4, 0.5) is 0 Å². The Bertz CT molecular complexity index is 802. The lowest BCUT2D eigenvalue weighted by Gasteiger charge is -2.42. The zero-order valence-corrected chi connectivity index (χ0v) is 17.1. The molecular formula is C24H32O2. The lowest BCUT2D eigenvalue weighted by Crippen LogP contribution is -2.34. The lowest BCUT2D eigenvalue weighted by atomic mass is 9.62. The maximum absolute atomic E-state index is 10.9. The van der Waals surface area contributed by atoms with E-state index in [-0.39, 0.29) is 16.2 Å². The number of carboxylic acid groups (broad SMARTS) is 1. The van der Waals surface area contributed by atoms with Crippen molar-refractivity contribution in [3.8, 4) is 0 Å². The van der Waals surface area contributed by atoms with Crippen LogP contribution in [0.2, 0.25) is 0 Å². The van der Waals surface area contributed by atoms with E-state index < -0.39 is 5.97 Å². The topological polar surface area (TPSA) is 37.3 Å². The number of hydrogen-bond donors (Lipinski definition) is 1. The SMILES string of the molecule is CC(C=CC1(c2cc3c(cc2C)C(C)(C)CCC3(C)C)CC1)=CC(=O)O. The average molecular weight is 353 g/mol. The van der Waals surface area contributed by atoms with E-state index in [1.54, 1.807) is 0 Å². The number of carboxylic acids is 1. The predicted octanol–water partition coefficient (Wildman–Crippen LogP) is 5.96. The molecule has 0 amide bonds. The molecule has 0 atom stereocenters. The summed E-state index contributed by atoms with van der Waals surface area (Å²) in [6.07, 6.45) is 10.2. The molecule has 26 heavy (non-hydrogen) atoms. The molecule has 2 nitrogen and oxygen atoms in total. The van der Waals surface area contributed by atoms with Gasteiger partial charge in [-0.15, -0.1) is 0 Å².